The molecule has 3 rings (SSSR count). The van der Waals surface area contributed by atoms with Gasteiger partial charge >= 0.3 is 5.97 Å². The zero-order valence-electron chi connectivity index (χ0n) is 11.4. The molecule has 2 fully saturated rings. The third-order valence-corrected chi connectivity index (χ3v) is 4.36. The third-order valence-electron chi connectivity index (χ3n) is 4.36. The summed E-state index contributed by atoms with van der Waals surface area (Å²) >= 11 is 0. The molecule has 0 radical (unpaired) electrons. The van der Waals surface area contributed by atoms with Crippen molar-refractivity contribution >= 4 is 5.97 Å². The van der Waals surface area contributed by atoms with E-state index in [1.54, 1.807) is 0 Å². The second-order valence-corrected chi connectivity index (χ2v) is 5.68. The first-order valence-corrected chi connectivity index (χ1v) is 7.11. The highest BCUT2D eigenvalue weighted by Gasteiger charge is 2.30. The molecule has 4 nitrogen and oxygen atoms in total. The predicted molar refractivity (Wildman–Crippen MR) is 73.2 cm³/mol. The van der Waals surface area contributed by atoms with Crippen molar-refractivity contribution in [2.24, 2.45) is 0 Å². The summed E-state index contributed by atoms with van der Waals surface area (Å²) in [5.74, 6) is -1.32. The molecule has 1 aromatic rings. The first kappa shape index (κ1) is 13.5. The van der Waals surface area contributed by atoms with Crippen LogP contribution in [-0.2, 0) is 6.54 Å². The normalized spacial score (nSPS) is 23.8. The molecule has 20 heavy (non-hydrogen) atoms. The first-order valence-electron chi connectivity index (χ1n) is 7.11. The monoisotopic (exact) mass is 278 g/mol. The van der Waals surface area contributed by atoms with E-state index in [2.05, 4.69) is 9.80 Å². The lowest BCUT2D eigenvalue weighted by molar-refractivity contribution is 0.0696. The molecule has 0 aliphatic carbocycles. The number of halogens is 1. The van der Waals surface area contributed by atoms with Crippen molar-refractivity contribution in [3.63, 3.8) is 0 Å². The Bertz CT molecular complexity index is 521. The van der Waals surface area contributed by atoms with Gasteiger partial charge in [0.05, 0.1) is 5.56 Å². The Kier molecular flexibility index (Phi) is 3.72. The van der Waals surface area contributed by atoms with Crippen LogP contribution in [-0.4, -0.2) is 53.1 Å². The van der Waals surface area contributed by atoms with Gasteiger partial charge in [-0.15, -0.1) is 0 Å². The minimum Gasteiger partial charge on any atom is -0.478 e. The molecule has 0 bridgehead atoms. The number of nitrogens with zero attached hydrogens (tertiary/aromatic N) is 2. The second kappa shape index (κ2) is 5.50. The Labute approximate surface area is 117 Å². The summed E-state index contributed by atoms with van der Waals surface area (Å²) in [5, 5.41) is 8.99. The summed E-state index contributed by atoms with van der Waals surface area (Å²) in [6.07, 6.45) is 2.47. The van der Waals surface area contributed by atoms with Crippen LogP contribution in [0.1, 0.15) is 28.8 Å². The van der Waals surface area contributed by atoms with Crippen molar-refractivity contribution in [1.29, 1.82) is 0 Å². The van der Waals surface area contributed by atoms with E-state index in [1.165, 1.54) is 37.6 Å². The highest BCUT2D eigenvalue weighted by molar-refractivity contribution is 5.87. The van der Waals surface area contributed by atoms with Crippen LogP contribution in [0.25, 0.3) is 0 Å². The number of benzene rings is 1. The quantitative estimate of drug-likeness (QED) is 0.915. The molecule has 1 N–H and O–H groups in total. The predicted octanol–water partition coefficient (Wildman–Crippen LogP) is 1.80. The first-order chi connectivity index (χ1) is 9.63. The Morgan fingerprint density at radius 3 is 3.00 bits per heavy atom. The van der Waals surface area contributed by atoms with Gasteiger partial charge in [-0.05, 0) is 37.6 Å². The van der Waals surface area contributed by atoms with Gasteiger partial charge in [0.15, 0.2) is 0 Å². The topological polar surface area (TPSA) is 43.8 Å². The van der Waals surface area contributed by atoms with Crippen LogP contribution < -0.4 is 0 Å². The Morgan fingerprint density at radius 1 is 1.35 bits per heavy atom. The van der Waals surface area contributed by atoms with Gasteiger partial charge in [-0.3, -0.25) is 9.80 Å². The smallest absolute Gasteiger partial charge is 0.335 e. The van der Waals surface area contributed by atoms with Crippen molar-refractivity contribution in [3.05, 3.63) is 35.1 Å². The van der Waals surface area contributed by atoms with Crippen LogP contribution in [0.3, 0.4) is 0 Å². The summed E-state index contributed by atoms with van der Waals surface area (Å²) in [6, 6.07) is 4.62. The molecule has 108 valence electrons. The van der Waals surface area contributed by atoms with Crippen molar-refractivity contribution < 1.29 is 14.3 Å². The van der Waals surface area contributed by atoms with Crippen molar-refractivity contribution in [3.8, 4) is 0 Å². The van der Waals surface area contributed by atoms with Gasteiger partial charge < -0.3 is 5.11 Å². The summed E-state index contributed by atoms with van der Waals surface area (Å²) in [7, 11) is 0. The maximum Gasteiger partial charge on any atom is 0.335 e. The minimum atomic E-state index is -1.01. The van der Waals surface area contributed by atoms with Crippen LogP contribution in [0, 0.1) is 5.82 Å². The Balaban J connectivity index is 1.71. The number of carbonyl (C=O) groups is 1. The number of hydrogen-bond donors (Lipinski definition) is 1. The van der Waals surface area contributed by atoms with Gasteiger partial charge in [-0.2, -0.15) is 0 Å². The summed E-state index contributed by atoms with van der Waals surface area (Å²) in [4.78, 5) is 15.7. The van der Waals surface area contributed by atoms with Crippen molar-refractivity contribution in [1.82, 2.24) is 9.80 Å². The van der Waals surface area contributed by atoms with E-state index in [9.17, 15) is 9.18 Å². The van der Waals surface area contributed by atoms with Gasteiger partial charge in [-0.1, -0.05) is 0 Å². The molecule has 1 atom stereocenters. The zero-order chi connectivity index (χ0) is 14.1. The van der Waals surface area contributed by atoms with E-state index in [0.717, 1.165) is 19.6 Å². The zero-order valence-corrected chi connectivity index (χ0v) is 11.4. The average Bonchev–Trinajstić information content (AvgIpc) is 2.88. The van der Waals surface area contributed by atoms with E-state index in [-0.39, 0.29) is 11.4 Å². The molecular formula is C15H19FN2O2. The van der Waals surface area contributed by atoms with Crippen LogP contribution in [0.5, 0.6) is 0 Å². The molecule has 1 unspecified atom stereocenters. The Hall–Kier alpha value is -1.46. The highest BCUT2D eigenvalue weighted by atomic mass is 19.1. The van der Waals surface area contributed by atoms with Crippen molar-refractivity contribution in [2.75, 3.05) is 26.2 Å². The molecular weight excluding hydrogens is 259 g/mol. The minimum absolute atomic E-state index is 0.154. The maximum atomic E-state index is 13.8. The third kappa shape index (κ3) is 2.69. The molecule has 0 amide bonds. The number of rotatable bonds is 3. The molecule has 0 spiro atoms. The van der Waals surface area contributed by atoms with E-state index >= 15 is 0 Å². The van der Waals surface area contributed by atoms with E-state index in [1.807, 2.05) is 0 Å². The fraction of sp³-hybridized carbons (Fsp3) is 0.533. The number of piperazine rings is 1. The Morgan fingerprint density at radius 2 is 2.20 bits per heavy atom. The van der Waals surface area contributed by atoms with Gasteiger partial charge in [0, 0.05) is 37.8 Å². The van der Waals surface area contributed by atoms with Crippen molar-refractivity contribution in [2.45, 2.75) is 25.4 Å². The lowest BCUT2D eigenvalue weighted by atomic mass is 10.1. The molecule has 2 saturated heterocycles. The molecule has 2 aliphatic heterocycles. The van der Waals surface area contributed by atoms with Crippen LogP contribution in [0.4, 0.5) is 4.39 Å². The molecule has 2 heterocycles. The van der Waals surface area contributed by atoms with Gasteiger partial charge in [0.25, 0.3) is 0 Å². The standard InChI is InChI=1S/C15H19FN2O2/c16-14-4-3-11(15(19)20)8-12(14)9-17-6-7-18-5-1-2-13(18)10-17/h3-4,8,13H,1-2,5-7,9-10H2,(H,19,20). The fourth-order valence-electron chi connectivity index (χ4n) is 3.27. The number of hydrogen-bond acceptors (Lipinski definition) is 3. The summed E-state index contributed by atoms with van der Waals surface area (Å²) in [6.45, 7) is 4.59. The second-order valence-electron chi connectivity index (χ2n) is 5.68. The molecule has 5 heteroatoms. The summed E-state index contributed by atoms with van der Waals surface area (Å²) < 4.78 is 13.8. The average molecular weight is 278 g/mol. The van der Waals surface area contributed by atoms with Gasteiger partial charge in [-0.25, -0.2) is 9.18 Å². The molecule has 2 aliphatic rings. The van der Waals surface area contributed by atoms with Crippen LogP contribution >= 0.6 is 0 Å². The number of carboxylic acids is 1. The fourth-order valence-corrected chi connectivity index (χ4v) is 3.27. The van der Waals surface area contributed by atoms with Gasteiger partial charge in [0.2, 0.25) is 0 Å². The molecule has 1 aromatic carbocycles. The van der Waals surface area contributed by atoms with Crippen LogP contribution in [0.15, 0.2) is 18.2 Å². The van der Waals surface area contributed by atoms with E-state index in [4.69, 9.17) is 5.11 Å². The molecule has 0 aromatic heterocycles. The maximum absolute atomic E-state index is 13.8. The number of aromatic carboxylic acids is 1. The largest absolute Gasteiger partial charge is 0.478 e. The molecule has 0 saturated carbocycles. The van der Waals surface area contributed by atoms with Gasteiger partial charge in [0.1, 0.15) is 5.82 Å². The number of carboxylic acid groups (broad SMARTS) is 1. The van der Waals surface area contributed by atoms with E-state index < -0.39 is 5.97 Å². The number of fused-ring (bicyclic) bond motifs is 1. The van der Waals surface area contributed by atoms with Crippen LogP contribution in [0.2, 0.25) is 0 Å². The lowest BCUT2D eigenvalue weighted by Gasteiger charge is -2.37. The highest BCUT2D eigenvalue weighted by Crippen LogP contribution is 2.23. The summed E-state index contributed by atoms with van der Waals surface area (Å²) in [5.41, 5.74) is 0.636. The lowest BCUT2D eigenvalue weighted by Crippen LogP contribution is -2.49. The SMILES string of the molecule is O=C(O)c1ccc(F)c(CN2CCN3CCCC3C2)c1. The van der Waals surface area contributed by atoms with E-state index in [0.29, 0.717) is 18.2 Å².